The molecule has 1 aliphatic carbocycles. The van der Waals surface area contributed by atoms with Gasteiger partial charge >= 0.3 is 6.03 Å². The van der Waals surface area contributed by atoms with E-state index in [2.05, 4.69) is 10.1 Å². The van der Waals surface area contributed by atoms with Crippen LogP contribution in [0.5, 0.6) is 0 Å². The first-order valence-electron chi connectivity index (χ1n) is 9.18. The van der Waals surface area contributed by atoms with Gasteiger partial charge in [-0.1, -0.05) is 18.0 Å². The summed E-state index contributed by atoms with van der Waals surface area (Å²) < 4.78 is 5.54. The van der Waals surface area contributed by atoms with Crippen molar-refractivity contribution in [2.24, 2.45) is 0 Å². The minimum atomic E-state index is 0.220. The van der Waals surface area contributed by atoms with Gasteiger partial charge in [0.15, 0.2) is 5.82 Å². The molecule has 3 heterocycles. The van der Waals surface area contributed by atoms with E-state index in [1.54, 1.807) is 0 Å². The van der Waals surface area contributed by atoms with E-state index in [0.717, 1.165) is 63.6 Å². The maximum atomic E-state index is 12.4. The molecule has 6 nitrogen and oxygen atoms in total. The molecule has 0 bridgehead atoms. The molecule has 3 aliphatic rings. The Kier molecular flexibility index (Phi) is 4.23. The lowest BCUT2D eigenvalue weighted by atomic mass is 9.97. The van der Waals surface area contributed by atoms with Gasteiger partial charge in [0.05, 0.1) is 0 Å². The lowest BCUT2D eigenvalue weighted by Crippen LogP contribution is -2.45. The normalized spacial score (nSPS) is 23.8. The standard InChI is InChI=1S/C17H26N4O2/c22-17(20-9-3-4-10-20)21-11-7-14(8-12-21)16-18-15(19-23-16)13-5-1-2-6-13/h13-14H,1-12H2. The molecule has 0 spiro atoms. The third kappa shape index (κ3) is 3.08. The van der Waals surface area contributed by atoms with E-state index in [9.17, 15) is 4.79 Å². The predicted octanol–water partition coefficient (Wildman–Crippen LogP) is 3.12. The zero-order valence-corrected chi connectivity index (χ0v) is 13.7. The first kappa shape index (κ1) is 15.0. The van der Waals surface area contributed by atoms with Crippen molar-refractivity contribution in [1.29, 1.82) is 0 Å². The molecule has 1 aromatic heterocycles. The second-order valence-electron chi connectivity index (χ2n) is 7.21. The van der Waals surface area contributed by atoms with E-state index in [4.69, 9.17) is 4.52 Å². The molecule has 1 saturated carbocycles. The summed E-state index contributed by atoms with van der Waals surface area (Å²) in [7, 11) is 0. The van der Waals surface area contributed by atoms with E-state index in [-0.39, 0.29) is 6.03 Å². The number of urea groups is 1. The van der Waals surface area contributed by atoms with Crippen molar-refractivity contribution in [2.45, 2.75) is 63.2 Å². The second kappa shape index (κ2) is 6.49. The molecule has 6 heteroatoms. The Labute approximate surface area is 137 Å². The van der Waals surface area contributed by atoms with E-state index < -0.39 is 0 Å². The fraction of sp³-hybridized carbons (Fsp3) is 0.824. The lowest BCUT2D eigenvalue weighted by Gasteiger charge is -2.33. The summed E-state index contributed by atoms with van der Waals surface area (Å²) in [5.74, 6) is 2.53. The predicted molar refractivity (Wildman–Crippen MR) is 85.3 cm³/mol. The van der Waals surface area contributed by atoms with Crippen LogP contribution >= 0.6 is 0 Å². The molecule has 0 atom stereocenters. The summed E-state index contributed by atoms with van der Waals surface area (Å²) in [6.07, 6.45) is 9.13. The molecule has 23 heavy (non-hydrogen) atoms. The molecule has 2 amide bonds. The molecule has 126 valence electrons. The van der Waals surface area contributed by atoms with Crippen LogP contribution in [-0.4, -0.2) is 52.2 Å². The Hall–Kier alpha value is -1.59. The minimum Gasteiger partial charge on any atom is -0.339 e. The van der Waals surface area contributed by atoms with Gasteiger partial charge in [0.1, 0.15) is 0 Å². The number of likely N-dealkylation sites (tertiary alicyclic amines) is 2. The molecule has 2 aliphatic heterocycles. The van der Waals surface area contributed by atoms with Crippen molar-refractivity contribution >= 4 is 6.03 Å². The number of aromatic nitrogens is 2. The van der Waals surface area contributed by atoms with Crippen molar-refractivity contribution in [2.75, 3.05) is 26.2 Å². The van der Waals surface area contributed by atoms with Crippen LogP contribution in [0.4, 0.5) is 4.79 Å². The van der Waals surface area contributed by atoms with Crippen molar-refractivity contribution < 1.29 is 9.32 Å². The topological polar surface area (TPSA) is 62.5 Å². The van der Waals surface area contributed by atoms with Crippen LogP contribution in [0.25, 0.3) is 0 Å². The fourth-order valence-corrected chi connectivity index (χ4v) is 4.19. The van der Waals surface area contributed by atoms with Crippen molar-refractivity contribution in [1.82, 2.24) is 19.9 Å². The van der Waals surface area contributed by atoms with E-state index in [1.807, 2.05) is 9.80 Å². The Balaban J connectivity index is 1.33. The van der Waals surface area contributed by atoms with Crippen LogP contribution in [-0.2, 0) is 0 Å². The molecular formula is C17H26N4O2. The van der Waals surface area contributed by atoms with Gasteiger partial charge < -0.3 is 14.3 Å². The zero-order chi connectivity index (χ0) is 15.6. The van der Waals surface area contributed by atoms with Gasteiger partial charge in [-0.2, -0.15) is 4.98 Å². The van der Waals surface area contributed by atoms with Crippen molar-refractivity contribution in [3.8, 4) is 0 Å². The highest BCUT2D eigenvalue weighted by Crippen LogP contribution is 2.34. The molecular weight excluding hydrogens is 292 g/mol. The minimum absolute atomic E-state index is 0.220. The average Bonchev–Trinajstić information content (AvgIpc) is 3.36. The van der Waals surface area contributed by atoms with Gasteiger partial charge in [-0.25, -0.2) is 4.79 Å². The monoisotopic (exact) mass is 318 g/mol. The van der Waals surface area contributed by atoms with Gasteiger partial charge in [-0.15, -0.1) is 0 Å². The molecule has 2 saturated heterocycles. The number of amides is 2. The first-order chi connectivity index (χ1) is 11.3. The van der Waals surface area contributed by atoms with E-state index in [1.165, 1.54) is 25.7 Å². The summed E-state index contributed by atoms with van der Waals surface area (Å²) in [5.41, 5.74) is 0. The van der Waals surface area contributed by atoms with Crippen molar-refractivity contribution in [3.63, 3.8) is 0 Å². The van der Waals surface area contributed by atoms with Crippen LogP contribution in [0.1, 0.15) is 74.9 Å². The summed E-state index contributed by atoms with van der Waals surface area (Å²) >= 11 is 0. The number of hydrogen-bond donors (Lipinski definition) is 0. The number of carbonyl (C=O) groups is 1. The summed E-state index contributed by atoms with van der Waals surface area (Å²) in [6, 6.07) is 0.220. The fourth-order valence-electron chi connectivity index (χ4n) is 4.19. The molecule has 0 unspecified atom stereocenters. The maximum absolute atomic E-state index is 12.4. The third-order valence-electron chi connectivity index (χ3n) is 5.67. The third-order valence-corrected chi connectivity index (χ3v) is 5.67. The summed E-state index contributed by atoms with van der Waals surface area (Å²) in [6.45, 7) is 3.46. The molecule has 0 aromatic carbocycles. The van der Waals surface area contributed by atoms with E-state index in [0.29, 0.717) is 11.8 Å². The Bertz CT molecular complexity index is 539. The second-order valence-corrected chi connectivity index (χ2v) is 7.21. The summed E-state index contributed by atoms with van der Waals surface area (Å²) in [4.78, 5) is 21.1. The van der Waals surface area contributed by atoms with Crippen LogP contribution in [0.2, 0.25) is 0 Å². The highest BCUT2D eigenvalue weighted by Gasteiger charge is 2.31. The van der Waals surface area contributed by atoms with Gasteiger partial charge in [0.25, 0.3) is 0 Å². The Morgan fingerprint density at radius 1 is 0.870 bits per heavy atom. The number of carbonyl (C=O) groups excluding carboxylic acids is 1. The van der Waals surface area contributed by atoms with Crippen LogP contribution in [0, 0.1) is 0 Å². The molecule has 3 fully saturated rings. The largest absolute Gasteiger partial charge is 0.339 e. The summed E-state index contributed by atoms with van der Waals surface area (Å²) in [5, 5.41) is 4.22. The van der Waals surface area contributed by atoms with Crippen LogP contribution < -0.4 is 0 Å². The highest BCUT2D eigenvalue weighted by atomic mass is 16.5. The number of piperidine rings is 1. The number of rotatable bonds is 2. The van der Waals surface area contributed by atoms with E-state index >= 15 is 0 Å². The average molecular weight is 318 g/mol. The van der Waals surface area contributed by atoms with Crippen LogP contribution in [0.15, 0.2) is 4.52 Å². The Morgan fingerprint density at radius 2 is 1.52 bits per heavy atom. The van der Waals surface area contributed by atoms with Gasteiger partial charge in [-0.05, 0) is 38.5 Å². The number of hydrogen-bond acceptors (Lipinski definition) is 4. The van der Waals surface area contributed by atoms with Crippen molar-refractivity contribution in [3.05, 3.63) is 11.7 Å². The SMILES string of the molecule is O=C(N1CCCC1)N1CCC(c2nc(C3CCCC3)no2)CC1. The van der Waals surface area contributed by atoms with Gasteiger partial charge in [-0.3, -0.25) is 0 Å². The smallest absolute Gasteiger partial charge is 0.319 e. The molecule has 4 rings (SSSR count). The van der Waals surface area contributed by atoms with Gasteiger partial charge in [0, 0.05) is 38.0 Å². The molecule has 0 radical (unpaired) electrons. The highest BCUT2D eigenvalue weighted by molar-refractivity contribution is 5.74. The van der Waals surface area contributed by atoms with Gasteiger partial charge in [0.2, 0.25) is 5.89 Å². The first-order valence-corrected chi connectivity index (χ1v) is 9.18. The Morgan fingerprint density at radius 3 is 2.22 bits per heavy atom. The number of nitrogens with zero attached hydrogens (tertiary/aromatic N) is 4. The zero-order valence-electron chi connectivity index (χ0n) is 13.7. The quantitative estimate of drug-likeness (QED) is 0.840. The lowest BCUT2D eigenvalue weighted by molar-refractivity contribution is 0.144. The molecule has 1 aromatic rings. The van der Waals surface area contributed by atoms with Crippen LogP contribution in [0.3, 0.4) is 0 Å². The maximum Gasteiger partial charge on any atom is 0.319 e. The molecule has 0 N–H and O–H groups in total.